The van der Waals surface area contributed by atoms with E-state index in [1.54, 1.807) is 11.1 Å². The van der Waals surface area contributed by atoms with Crippen molar-refractivity contribution in [2.45, 2.75) is 77.0 Å². The van der Waals surface area contributed by atoms with Gasteiger partial charge in [0.15, 0.2) is 0 Å². The maximum atomic E-state index is 5.50. The summed E-state index contributed by atoms with van der Waals surface area (Å²) in [4.78, 5) is 0. The number of unbranched alkanes of at least 4 members (excludes halogenated alkanes) is 3. The van der Waals surface area contributed by atoms with Crippen molar-refractivity contribution in [2.24, 2.45) is 11.8 Å². The summed E-state index contributed by atoms with van der Waals surface area (Å²) in [5.41, 5.74) is 3.38. The lowest BCUT2D eigenvalue weighted by molar-refractivity contribution is 0.310. The van der Waals surface area contributed by atoms with Gasteiger partial charge < -0.3 is 0 Å². The fourth-order valence-electron chi connectivity index (χ4n) is 3.54. The van der Waals surface area contributed by atoms with Gasteiger partial charge in [0.05, 0.1) is 0 Å². The van der Waals surface area contributed by atoms with Crippen LogP contribution in [-0.2, 0) is 0 Å². The molecule has 2 aliphatic rings. The van der Waals surface area contributed by atoms with Gasteiger partial charge in [-0.3, -0.25) is 0 Å². The van der Waals surface area contributed by atoms with E-state index in [2.05, 4.69) is 24.0 Å². The molecule has 2 rings (SSSR count). The Morgan fingerprint density at radius 3 is 2.27 bits per heavy atom. The Morgan fingerprint density at radius 2 is 1.64 bits per heavy atom. The molecule has 0 aromatic heterocycles. The third-order valence-electron chi connectivity index (χ3n) is 5.05. The summed E-state index contributed by atoms with van der Waals surface area (Å²) in [6, 6.07) is 0. The summed E-state index contributed by atoms with van der Waals surface area (Å²) < 4.78 is 0. The van der Waals surface area contributed by atoms with Gasteiger partial charge in [-0.05, 0) is 63.2 Å². The largest absolute Gasteiger partial charge is 0.120 e. The van der Waals surface area contributed by atoms with E-state index in [9.17, 15) is 0 Å². The van der Waals surface area contributed by atoms with Crippen molar-refractivity contribution in [3.05, 3.63) is 23.3 Å². The van der Waals surface area contributed by atoms with Gasteiger partial charge in [0.1, 0.15) is 0 Å². The van der Waals surface area contributed by atoms with Crippen LogP contribution in [0.4, 0.5) is 0 Å². The Balaban J connectivity index is 1.73. The molecule has 2 atom stereocenters. The number of allylic oxidation sites excluding steroid dienone is 4. The molecule has 0 saturated heterocycles. The average Bonchev–Trinajstić information content (AvgIpc) is 3.40. The summed E-state index contributed by atoms with van der Waals surface area (Å²) in [6.07, 6.45) is 30.5. The predicted octanol–water partition coefficient (Wildman–Crippen LogP) is 6.05. The van der Waals surface area contributed by atoms with Gasteiger partial charge in [0.25, 0.3) is 0 Å². The lowest BCUT2D eigenvalue weighted by atomic mass is 9.79. The third kappa shape index (κ3) is 6.58. The molecule has 0 bridgehead atoms. The first-order valence-corrected chi connectivity index (χ1v) is 9.09. The number of rotatable bonds is 13. The van der Waals surface area contributed by atoms with Crippen LogP contribution in [0.15, 0.2) is 23.3 Å². The van der Waals surface area contributed by atoms with Crippen LogP contribution in [0.1, 0.15) is 77.0 Å². The fourth-order valence-corrected chi connectivity index (χ4v) is 3.54. The SMILES string of the molecule is C#CCCCC(CCC#C)C(CCCCCC1=CC1)C1=CC1. The highest BCUT2D eigenvalue weighted by Gasteiger charge is 2.27. The van der Waals surface area contributed by atoms with Crippen LogP contribution < -0.4 is 0 Å². The Hall–Kier alpha value is -1.40. The normalized spacial score (nSPS) is 17.7. The lowest BCUT2D eigenvalue weighted by Crippen LogP contribution is -2.15. The van der Waals surface area contributed by atoms with Crippen LogP contribution in [0.2, 0.25) is 0 Å². The second-order valence-corrected chi connectivity index (χ2v) is 6.85. The highest BCUT2D eigenvalue weighted by Crippen LogP contribution is 2.40. The second-order valence-electron chi connectivity index (χ2n) is 6.85. The van der Waals surface area contributed by atoms with Gasteiger partial charge in [-0.2, -0.15) is 0 Å². The van der Waals surface area contributed by atoms with Gasteiger partial charge >= 0.3 is 0 Å². The molecular weight excluding hydrogens is 264 g/mol. The molecule has 118 valence electrons. The van der Waals surface area contributed by atoms with E-state index in [0.717, 1.165) is 31.1 Å². The van der Waals surface area contributed by atoms with Crippen LogP contribution in [0, 0.1) is 36.5 Å². The Morgan fingerprint density at radius 1 is 0.864 bits per heavy atom. The summed E-state index contributed by atoms with van der Waals surface area (Å²) in [5.74, 6) is 7.15. The van der Waals surface area contributed by atoms with Gasteiger partial charge in [0.2, 0.25) is 0 Å². The monoisotopic (exact) mass is 294 g/mol. The summed E-state index contributed by atoms with van der Waals surface area (Å²) >= 11 is 0. The van der Waals surface area contributed by atoms with Crippen molar-refractivity contribution in [1.82, 2.24) is 0 Å². The van der Waals surface area contributed by atoms with Crippen LogP contribution in [0.25, 0.3) is 0 Å². The van der Waals surface area contributed by atoms with Crippen LogP contribution in [-0.4, -0.2) is 0 Å². The number of terminal acetylenes is 2. The zero-order valence-electron chi connectivity index (χ0n) is 13.9. The highest BCUT2D eigenvalue weighted by atomic mass is 14.3. The van der Waals surface area contributed by atoms with Crippen molar-refractivity contribution in [3.8, 4) is 24.7 Å². The van der Waals surface area contributed by atoms with E-state index < -0.39 is 0 Å². The quantitative estimate of drug-likeness (QED) is 0.220. The maximum Gasteiger partial charge on any atom is 0.00889 e. The molecule has 2 aliphatic carbocycles. The Bertz CT molecular complexity index is 477. The van der Waals surface area contributed by atoms with Gasteiger partial charge in [-0.15, -0.1) is 24.7 Å². The minimum absolute atomic E-state index is 0.754. The van der Waals surface area contributed by atoms with E-state index in [4.69, 9.17) is 12.8 Å². The number of hydrogen-bond donors (Lipinski definition) is 0. The van der Waals surface area contributed by atoms with Crippen LogP contribution in [0.5, 0.6) is 0 Å². The van der Waals surface area contributed by atoms with Crippen molar-refractivity contribution in [1.29, 1.82) is 0 Å². The lowest BCUT2D eigenvalue weighted by Gasteiger charge is -2.25. The molecule has 0 aromatic carbocycles. The van der Waals surface area contributed by atoms with Gasteiger partial charge in [-0.25, -0.2) is 0 Å². The molecule has 0 nitrogen and oxygen atoms in total. The first kappa shape index (κ1) is 17.0. The summed E-state index contributed by atoms with van der Waals surface area (Å²) in [7, 11) is 0. The van der Waals surface area contributed by atoms with Gasteiger partial charge in [0, 0.05) is 12.8 Å². The molecule has 0 N–H and O–H groups in total. The van der Waals surface area contributed by atoms with E-state index in [0.29, 0.717) is 0 Å². The van der Waals surface area contributed by atoms with Crippen molar-refractivity contribution >= 4 is 0 Å². The van der Waals surface area contributed by atoms with Crippen molar-refractivity contribution in [3.63, 3.8) is 0 Å². The molecule has 0 amide bonds. The first-order valence-electron chi connectivity index (χ1n) is 9.09. The van der Waals surface area contributed by atoms with E-state index >= 15 is 0 Å². The molecule has 0 aromatic rings. The van der Waals surface area contributed by atoms with E-state index in [-0.39, 0.29) is 0 Å². The third-order valence-corrected chi connectivity index (χ3v) is 5.05. The molecule has 22 heavy (non-hydrogen) atoms. The maximum absolute atomic E-state index is 5.50. The fraction of sp³-hybridized carbons (Fsp3) is 0.636. The molecule has 2 unspecified atom stereocenters. The Labute approximate surface area is 137 Å². The zero-order valence-corrected chi connectivity index (χ0v) is 13.9. The van der Waals surface area contributed by atoms with Crippen molar-refractivity contribution in [2.75, 3.05) is 0 Å². The minimum Gasteiger partial charge on any atom is -0.120 e. The molecular formula is C22H30. The van der Waals surface area contributed by atoms with Crippen LogP contribution in [0.3, 0.4) is 0 Å². The van der Waals surface area contributed by atoms with Gasteiger partial charge in [-0.1, -0.05) is 36.1 Å². The average molecular weight is 294 g/mol. The summed E-state index contributed by atoms with van der Waals surface area (Å²) in [6.45, 7) is 0. The molecule has 0 radical (unpaired) electrons. The van der Waals surface area contributed by atoms with E-state index in [1.165, 1.54) is 57.8 Å². The Kier molecular flexibility index (Phi) is 7.39. The summed E-state index contributed by atoms with van der Waals surface area (Å²) in [5, 5.41) is 0. The van der Waals surface area contributed by atoms with Crippen LogP contribution >= 0.6 is 0 Å². The molecule has 0 heterocycles. The zero-order chi connectivity index (χ0) is 15.6. The first-order chi connectivity index (χ1) is 10.8. The molecule has 0 aliphatic heterocycles. The smallest absolute Gasteiger partial charge is 0.00889 e. The molecule has 0 fully saturated rings. The molecule has 0 heteroatoms. The molecule has 0 spiro atoms. The topological polar surface area (TPSA) is 0 Å². The highest BCUT2D eigenvalue weighted by molar-refractivity contribution is 5.25. The molecule has 0 saturated carbocycles. The standard InChI is InChI=1S/C22H30/c1-3-5-8-13-20(12-6-4-2)22(21-17-18-21)14-10-7-9-11-19-15-16-19/h1-2,15,17,20,22H,5-14,16,18H2. The number of hydrogen-bond acceptors (Lipinski definition) is 0. The van der Waals surface area contributed by atoms with E-state index in [1.807, 2.05) is 0 Å². The minimum atomic E-state index is 0.754. The predicted molar refractivity (Wildman–Crippen MR) is 96.2 cm³/mol. The second kappa shape index (κ2) is 9.58. The van der Waals surface area contributed by atoms with Crippen molar-refractivity contribution < 1.29 is 0 Å².